The molecule has 3 aromatic rings. The monoisotopic (exact) mass is 429 g/mol. The Kier molecular flexibility index (Phi) is 8.64. The maximum Gasteiger partial charge on any atom is 0.326 e. The molecule has 164 valence electrons. The molecule has 2 aromatic carbocycles. The topological polar surface area (TPSA) is 73.2 Å². The maximum absolute atomic E-state index is 13.1. The number of carbonyl (C=O) groups excluding carboxylic acids is 1. The lowest BCUT2D eigenvalue weighted by Crippen LogP contribution is -2.31. The number of ether oxygens (including phenoxy) is 1. The normalized spacial score (nSPS) is 10.2. The first-order valence-corrected chi connectivity index (χ1v) is 10.8. The van der Waals surface area contributed by atoms with Gasteiger partial charge < -0.3 is 10.1 Å². The van der Waals surface area contributed by atoms with Gasteiger partial charge in [-0.3, -0.25) is 14.2 Å². The van der Waals surface area contributed by atoms with E-state index in [1.807, 2.05) is 67.6 Å². The minimum atomic E-state index is -0.468. The quantitative estimate of drug-likeness (QED) is 0.319. The van der Waals surface area contributed by atoms with Crippen LogP contribution in [0.5, 0.6) is 0 Å². The number of carbonyl (C=O) groups is 1. The highest BCUT2D eigenvalue weighted by Crippen LogP contribution is 2.04. The molecule has 0 aliphatic heterocycles. The van der Waals surface area contributed by atoms with Crippen LogP contribution >= 0.6 is 0 Å². The average Bonchev–Trinajstić information content (AvgIpc) is 2.82. The molecule has 0 fully saturated rings. The summed E-state index contributed by atoms with van der Waals surface area (Å²) in [5.41, 5.74) is 1.93. The summed E-state index contributed by atoms with van der Waals surface area (Å²) < 4.78 is 6.57. The lowest BCUT2D eigenvalue weighted by atomic mass is 10.1. The van der Waals surface area contributed by atoms with Gasteiger partial charge in [0.2, 0.25) is 0 Å². The smallest absolute Gasteiger partial charge is 0.326 e. The molecule has 0 aliphatic carbocycles. The van der Waals surface area contributed by atoms with E-state index in [2.05, 4.69) is 22.1 Å². The van der Waals surface area contributed by atoms with Crippen molar-refractivity contribution in [2.45, 2.75) is 32.7 Å². The highest BCUT2D eigenvalue weighted by Gasteiger charge is 2.13. The van der Waals surface area contributed by atoms with Gasteiger partial charge in [-0.25, -0.2) is 4.98 Å². The molecule has 1 heterocycles. The number of unbranched alkanes of at least 4 members (excludes halogenated alkanes) is 1. The second-order valence-electron chi connectivity index (χ2n) is 7.24. The van der Waals surface area contributed by atoms with Gasteiger partial charge in [0.1, 0.15) is 12.2 Å². The van der Waals surface area contributed by atoms with E-state index in [-0.39, 0.29) is 12.4 Å². The Hall–Kier alpha value is -3.85. The first-order chi connectivity index (χ1) is 15.7. The SMILES string of the molecule is CCCCOC(=O)Cn1c(C#Cc2ccccc2)cnc(NCCc2ccccc2)c1=O. The summed E-state index contributed by atoms with van der Waals surface area (Å²) in [7, 11) is 0. The second-order valence-corrected chi connectivity index (χ2v) is 7.24. The maximum atomic E-state index is 13.1. The molecule has 1 N–H and O–H groups in total. The van der Waals surface area contributed by atoms with Crippen molar-refractivity contribution in [3.63, 3.8) is 0 Å². The molecule has 0 unspecified atom stereocenters. The molecule has 0 saturated heterocycles. The van der Waals surface area contributed by atoms with Gasteiger partial charge in [-0.2, -0.15) is 0 Å². The van der Waals surface area contributed by atoms with Gasteiger partial charge in [-0.1, -0.05) is 67.8 Å². The summed E-state index contributed by atoms with van der Waals surface area (Å²) in [5, 5.41) is 3.08. The molecule has 3 rings (SSSR count). The second kappa shape index (κ2) is 12.1. The fourth-order valence-corrected chi connectivity index (χ4v) is 3.00. The number of esters is 1. The number of hydrogen-bond acceptors (Lipinski definition) is 5. The molecule has 0 aliphatic rings. The molecule has 6 nitrogen and oxygen atoms in total. The van der Waals surface area contributed by atoms with Crippen LogP contribution in [-0.2, 0) is 22.5 Å². The Morgan fingerprint density at radius 1 is 1.06 bits per heavy atom. The van der Waals surface area contributed by atoms with Crippen LogP contribution in [0.2, 0.25) is 0 Å². The Balaban J connectivity index is 1.80. The minimum Gasteiger partial charge on any atom is -0.464 e. The standard InChI is InChI=1S/C26H27N3O3/c1-2-3-18-32-24(30)20-29-23(15-14-21-10-6-4-7-11-21)19-28-25(26(29)31)27-17-16-22-12-8-5-9-13-22/h4-13,19H,2-3,16-18,20H2,1H3,(H,27,28). The molecule has 0 bridgehead atoms. The lowest BCUT2D eigenvalue weighted by molar-refractivity contribution is -0.144. The molecule has 1 aromatic heterocycles. The zero-order valence-corrected chi connectivity index (χ0v) is 18.2. The summed E-state index contributed by atoms with van der Waals surface area (Å²) in [6.45, 7) is 2.69. The van der Waals surface area contributed by atoms with Gasteiger partial charge >= 0.3 is 5.97 Å². The fourth-order valence-electron chi connectivity index (χ4n) is 3.00. The van der Waals surface area contributed by atoms with Crippen molar-refractivity contribution < 1.29 is 9.53 Å². The van der Waals surface area contributed by atoms with E-state index in [0.29, 0.717) is 18.8 Å². The van der Waals surface area contributed by atoms with Crippen LogP contribution in [0, 0.1) is 11.8 Å². The third-order valence-corrected chi connectivity index (χ3v) is 4.76. The molecule has 0 spiro atoms. The van der Waals surface area contributed by atoms with E-state index >= 15 is 0 Å². The number of aromatic nitrogens is 2. The highest BCUT2D eigenvalue weighted by molar-refractivity contribution is 5.69. The Morgan fingerprint density at radius 2 is 1.78 bits per heavy atom. The Bertz CT molecular complexity index is 1130. The van der Waals surface area contributed by atoms with Crippen molar-refractivity contribution in [2.24, 2.45) is 0 Å². The number of hydrogen-bond donors (Lipinski definition) is 1. The van der Waals surface area contributed by atoms with Crippen LogP contribution in [0.1, 0.15) is 36.6 Å². The van der Waals surface area contributed by atoms with E-state index in [1.54, 1.807) is 0 Å². The van der Waals surface area contributed by atoms with Gasteiger partial charge in [0.05, 0.1) is 12.8 Å². The van der Waals surface area contributed by atoms with Crippen LogP contribution in [0.4, 0.5) is 5.82 Å². The summed E-state index contributed by atoms with van der Waals surface area (Å²) in [6, 6.07) is 19.4. The van der Waals surface area contributed by atoms with Gasteiger partial charge in [-0.15, -0.1) is 0 Å². The van der Waals surface area contributed by atoms with Gasteiger partial charge in [-0.05, 0) is 36.5 Å². The lowest BCUT2D eigenvalue weighted by Gasteiger charge is -2.12. The van der Waals surface area contributed by atoms with E-state index in [1.165, 1.54) is 10.8 Å². The molecule has 6 heteroatoms. The molecule has 0 amide bonds. The van der Waals surface area contributed by atoms with Crippen molar-refractivity contribution in [1.29, 1.82) is 0 Å². The molecule has 0 radical (unpaired) electrons. The predicted molar refractivity (Wildman–Crippen MR) is 125 cm³/mol. The molecular formula is C26H27N3O3. The van der Waals surface area contributed by atoms with Crippen LogP contribution in [-0.4, -0.2) is 28.7 Å². The zero-order chi connectivity index (χ0) is 22.6. The van der Waals surface area contributed by atoms with Crippen LogP contribution in [0.15, 0.2) is 71.7 Å². The first-order valence-electron chi connectivity index (χ1n) is 10.8. The largest absolute Gasteiger partial charge is 0.464 e. The van der Waals surface area contributed by atoms with Gasteiger partial charge in [0.25, 0.3) is 5.56 Å². The van der Waals surface area contributed by atoms with Crippen molar-refractivity contribution in [3.8, 4) is 11.8 Å². The van der Waals surface area contributed by atoms with Gasteiger partial charge in [0.15, 0.2) is 5.82 Å². The van der Waals surface area contributed by atoms with Crippen LogP contribution in [0.25, 0.3) is 0 Å². The number of nitrogens with one attached hydrogen (secondary N) is 1. The summed E-state index contributed by atoms with van der Waals surface area (Å²) >= 11 is 0. The Labute approximate surface area is 188 Å². The number of rotatable bonds is 9. The number of anilines is 1. The molecular weight excluding hydrogens is 402 g/mol. The minimum absolute atomic E-state index is 0.188. The van der Waals surface area contributed by atoms with Crippen LogP contribution < -0.4 is 10.9 Å². The zero-order valence-electron chi connectivity index (χ0n) is 18.2. The van der Waals surface area contributed by atoms with E-state index in [9.17, 15) is 9.59 Å². The first kappa shape index (κ1) is 22.8. The summed E-state index contributed by atoms with van der Waals surface area (Å²) in [5.74, 6) is 5.70. The van der Waals surface area contributed by atoms with Gasteiger partial charge in [0, 0.05) is 12.1 Å². The van der Waals surface area contributed by atoms with Crippen molar-refractivity contribution in [3.05, 3.63) is 94.0 Å². The van der Waals surface area contributed by atoms with E-state index in [4.69, 9.17) is 4.74 Å². The summed E-state index contributed by atoms with van der Waals surface area (Å²) in [4.78, 5) is 29.6. The Morgan fingerprint density at radius 3 is 2.50 bits per heavy atom. The number of nitrogens with zero attached hydrogens (tertiary/aromatic N) is 2. The predicted octanol–water partition coefficient (Wildman–Crippen LogP) is 3.64. The third-order valence-electron chi connectivity index (χ3n) is 4.76. The van der Waals surface area contributed by atoms with Crippen molar-refractivity contribution in [1.82, 2.24) is 9.55 Å². The molecule has 32 heavy (non-hydrogen) atoms. The average molecular weight is 430 g/mol. The summed E-state index contributed by atoms with van der Waals surface area (Å²) in [6.07, 6.45) is 3.97. The molecule has 0 atom stereocenters. The highest BCUT2D eigenvalue weighted by atomic mass is 16.5. The fraction of sp³-hybridized carbons (Fsp3) is 0.269. The van der Waals surface area contributed by atoms with Crippen molar-refractivity contribution in [2.75, 3.05) is 18.5 Å². The van der Waals surface area contributed by atoms with Crippen LogP contribution in [0.3, 0.4) is 0 Å². The van der Waals surface area contributed by atoms with Crippen molar-refractivity contribution >= 4 is 11.8 Å². The number of benzene rings is 2. The molecule has 0 saturated carbocycles. The third kappa shape index (κ3) is 6.85. The van der Waals surface area contributed by atoms with E-state index in [0.717, 1.165) is 30.4 Å². The van der Waals surface area contributed by atoms with E-state index < -0.39 is 11.5 Å².